The fraction of sp³-hybridized carbons (Fsp3) is 0.207. The number of hydrogen-bond acceptors (Lipinski definition) is 3. The molecule has 2 heterocycles. The normalized spacial score (nSPS) is 19.5. The number of nitrogens with one attached hydrogen (secondary N) is 1. The Bertz CT molecular complexity index is 1460. The molecule has 0 amide bonds. The quantitative estimate of drug-likeness (QED) is 0.210. The van der Waals surface area contributed by atoms with Crippen LogP contribution in [0.5, 0.6) is 5.75 Å². The van der Waals surface area contributed by atoms with Crippen molar-refractivity contribution in [2.24, 2.45) is 4.99 Å². The molecule has 1 N–H and O–H groups in total. The Hall–Kier alpha value is -2.35. The van der Waals surface area contributed by atoms with Crippen molar-refractivity contribution < 1.29 is 48.8 Å². The summed E-state index contributed by atoms with van der Waals surface area (Å²) < 4.78 is 6.97. The molecule has 6 rings (SSSR count). The molecule has 1 atom stereocenters. The third kappa shape index (κ3) is 3.17. The topological polar surface area (TPSA) is 48.6 Å². The molecule has 34 heavy (non-hydrogen) atoms. The van der Waals surface area contributed by atoms with Crippen molar-refractivity contribution >= 4 is 34.0 Å². The van der Waals surface area contributed by atoms with Gasteiger partial charge in [-0.2, -0.15) is 0 Å². The van der Waals surface area contributed by atoms with Crippen molar-refractivity contribution in [2.75, 3.05) is 11.9 Å². The van der Waals surface area contributed by atoms with Crippen LogP contribution < -0.4 is 9.64 Å². The molecule has 1 radical (unpaired) electrons. The van der Waals surface area contributed by atoms with Gasteiger partial charge in [0.05, 0.1) is 11.6 Å². The van der Waals surface area contributed by atoms with Crippen LogP contribution in [0.15, 0.2) is 77.8 Å². The third-order valence-electron chi connectivity index (χ3n) is 7.40. The van der Waals surface area contributed by atoms with Crippen LogP contribution in [0.2, 0.25) is 0 Å². The molecule has 0 saturated heterocycles. The van der Waals surface area contributed by atoms with Crippen molar-refractivity contribution in [3.05, 3.63) is 89.7 Å². The van der Waals surface area contributed by atoms with Crippen LogP contribution in [0.3, 0.4) is 0 Å². The van der Waals surface area contributed by atoms with E-state index in [4.69, 9.17) is 15.5 Å². The third-order valence-corrected chi connectivity index (χ3v) is 7.40. The molecule has 0 bridgehead atoms. The summed E-state index contributed by atoms with van der Waals surface area (Å²) in [5, 5.41) is 2.21. The monoisotopic (exact) mass is 659 g/mol. The van der Waals surface area contributed by atoms with Crippen molar-refractivity contribution in [2.45, 2.75) is 31.9 Å². The van der Waals surface area contributed by atoms with E-state index in [1.165, 1.54) is 11.1 Å². The molecule has 167 valence electrons. The van der Waals surface area contributed by atoms with Gasteiger partial charge in [-0.25, -0.2) is 0 Å². The van der Waals surface area contributed by atoms with E-state index in [-0.39, 0.29) is 44.1 Å². The standard InChI is InChI=1S/C29H26N3O.Ac/c1-18-9-11-19(12-10-18)23-16-25-27(22-8-6-5-7-21(22)23)33-29(17-31-25)28(2,3)24-15-20(30)13-14-26(24)32(29)4;/h5-17,30H,1-4H3;/q-1;. The zero-order valence-corrected chi connectivity index (χ0v) is 24.6. The summed E-state index contributed by atoms with van der Waals surface area (Å²) in [6.45, 7) is 6.46. The molecule has 0 saturated carbocycles. The van der Waals surface area contributed by atoms with E-state index in [1.807, 2.05) is 24.4 Å². The Labute approximate surface area is 236 Å². The second-order valence-corrected chi connectivity index (χ2v) is 9.66. The average Bonchev–Trinajstić information content (AvgIpc) is 2.97. The van der Waals surface area contributed by atoms with Gasteiger partial charge in [0.1, 0.15) is 5.69 Å². The minimum absolute atomic E-state index is 0. The summed E-state index contributed by atoms with van der Waals surface area (Å²) in [5.74, 6) is 0.808. The van der Waals surface area contributed by atoms with Gasteiger partial charge in [-0.1, -0.05) is 66.2 Å². The number of nitrogens with zero attached hydrogens (tertiary/aromatic N) is 2. The number of fused-ring (bicyclic) bond motifs is 4. The Balaban J connectivity index is 0.00000241. The van der Waals surface area contributed by atoms with Gasteiger partial charge >= 0.3 is 0 Å². The molecule has 4 aromatic rings. The SMILES string of the molecule is Cc1ccc(-c2cc3c(c4ccccc24)OC2(C=N3)N(C)c3ccc([NH-])cc3C2(C)C)cc1.[Ac]. The van der Waals surface area contributed by atoms with E-state index in [9.17, 15) is 0 Å². The molecule has 0 aromatic heterocycles. The first-order valence-corrected chi connectivity index (χ1v) is 11.3. The van der Waals surface area contributed by atoms with Crippen LogP contribution in [0.25, 0.3) is 27.6 Å². The van der Waals surface area contributed by atoms with E-state index < -0.39 is 11.1 Å². The van der Waals surface area contributed by atoms with E-state index in [0.29, 0.717) is 5.69 Å². The van der Waals surface area contributed by atoms with Crippen LogP contribution in [0, 0.1) is 51.0 Å². The number of hydrogen-bond donors (Lipinski definition) is 0. The second-order valence-electron chi connectivity index (χ2n) is 9.66. The Morgan fingerprint density at radius 3 is 2.35 bits per heavy atom. The Morgan fingerprint density at radius 2 is 1.62 bits per heavy atom. The number of ether oxygens (including phenoxy) is 1. The number of likely N-dealkylation sites (N-methyl/N-ethyl adjacent to an activating group) is 1. The van der Waals surface area contributed by atoms with Gasteiger partial charge in [0, 0.05) is 62.2 Å². The van der Waals surface area contributed by atoms with Gasteiger partial charge in [-0.3, -0.25) is 4.99 Å². The average molecular weight is 660 g/mol. The largest absolute Gasteiger partial charge is 0.699 e. The number of rotatable bonds is 1. The molecular formula is C29H26AcN3O-. The number of aryl methyl sites for hydroxylation is 1. The molecule has 5 heteroatoms. The van der Waals surface area contributed by atoms with Gasteiger partial charge in [0.15, 0.2) is 5.75 Å². The fourth-order valence-electron chi connectivity index (χ4n) is 5.41. The van der Waals surface area contributed by atoms with E-state index in [2.05, 4.69) is 87.3 Å². The summed E-state index contributed by atoms with van der Waals surface area (Å²) in [6.07, 6.45) is 1.95. The van der Waals surface area contributed by atoms with Crippen molar-refractivity contribution in [1.29, 1.82) is 0 Å². The number of aliphatic imine (C=N–C) groups is 1. The summed E-state index contributed by atoms with van der Waals surface area (Å²) >= 11 is 0. The molecule has 4 aromatic carbocycles. The van der Waals surface area contributed by atoms with Gasteiger partial charge in [0.2, 0.25) is 5.72 Å². The zero-order valence-electron chi connectivity index (χ0n) is 19.9. The van der Waals surface area contributed by atoms with E-state index in [0.717, 1.165) is 39.0 Å². The smallest absolute Gasteiger partial charge is 0.228 e. The maximum atomic E-state index is 8.16. The molecule has 0 aliphatic carbocycles. The molecule has 2 aliphatic rings. The van der Waals surface area contributed by atoms with Gasteiger partial charge in [-0.05, 0) is 55.0 Å². The van der Waals surface area contributed by atoms with Gasteiger partial charge < -0.3 is 15.4 Å². The summed E-state index contributed by atoms with van der Waals surface area (Å²) in [6, 6.07) is 25.0. The first-order valence-electron chi connectivity index (χ1n) is 11.3. The van der Waals surface area contributed by atoms with Crippen LogP contribution in [-0.4, -0.2) is 19.0 Å². The van der Waals surface area contributed by atoms with Gasteiger partial charge in [-0.15, -0.1) is 5.69 Å². The fourth-order valence-corrected chi connectivity index (χ4v) is 5.41. The zero-order chi connectivity index (χ0) is 23.0. The first-order chi connectivity index (χ1) is 15.8. The predicted octanol–water partition coefficient (Wildman–Crippen LogP) is 7.72. The second kappa shape index (κ2) is 8.11. The maximum absolute atomic E-state index is 8.16. The van der Waals surface area contributed by atoms with Crippen molar-refractivity contribution in [3.63, 3.8) is 0 Å². The molecule has 1 spiro atoms. The molecule has 0 fully saturated rings. The van der Waals surface area contributed by atoms with Gasteiger partial charge in [0.25, 0.3) is 0 Å². The van der Waals surface area contributed by atoms with Crippen LogP contribution >= 0.6 is 0 Å². The summed E-state index contributed by atoms with van der Waals surface area (Å²) in [7, 11) is 2.05. The van der Waals surface area contributed by atoms with E-state index >= 15 is 0 Å². The van der Waals surface area contributed by atoms with Crippen LogP contribution in [0.4, 0.5) is 17.1 Å². The number of anilines is 1. The minimum atomic E-state index is -0.774. The predicted molar refractivity (Wildman–Crippen MR) is 137 cm³/mol. The maximum Gasteiger partial charge on any atom is 0.228 e. The molecular weight excluding hydrogens is 633 g/mol. The Morgan fingerprint density at radius 1 is 0.912 bits per heavy atom. The Kier molecular flexibility index (Phi) is 5.58. The number of benzene rings is 4. The van der Waals surface area contributed by atoms with E-state index in [1.54, 1.807) is 0 Å². The molecule has 4 nitrogen and oxygen atoms in total. The molecule has 2 aliphatic heterocycles. The van der Waals surface area contributed by atoms with Crippen LogP contribution in [-0.2, 0) is 5.41 Å². The molecule has 1 unspecified atom stereocenters. The van der Waals surface area contributed by atoms with Crippen molar-refractivity contribution in [1.82, 2.24) is 0 Å². The summed E-state index contributed by atoms with van der Waals surface area (Å²) in [4.78, 5) is 7.16. The van der Waals surface area contributed by atoms with Crippen LogP contribution in [0.1, 0.15) is 25.0 Å². The minimum Gasteiger partial charge on any atom is -0.699 e. The summed E-state index contributed by atoms with van der Waals surface area (Å²) in [5.41, 5.74) is 14.1. The first kappa shape index (κ1) is 23.4. The van der Waals surface area contributed by atoms with Crippen molar-refractivity contribution in [3.8, 4) is 16.9 Å².